The van der Waals surface area contributed by atoms with E-state index in [4.69, 9.17) is 5.11 Å². The second-order valence-corrected chi connectivity index (χ2v) is 3.50. The van der Waals surface area contributed by atoms with Gasteiger partial charge in [-0.25, -0.2) is 4.98 Å². The molecule has 4 heteroatoms. The molecule has 0 amide bonds. The van der Waals surface area contributed by atoms with Crippen molar-refractivity contribution in [1.29, 1.82) is 0 Å². The van der Waals surface area contributed by atoms with Crippen LogP contribution in [0.25, 0.3) is 0 Å². The predicted molar refractivity (Wildman–Crippen MR) is 46.4 cm³/mol. The van der Waals surface area contributed by atoms with Gasteiger partial charge in [0.25, 0.3) is 0 Å². The molecule has 0 aromatic carbocycles. The van der Waals surface area contributed by atoms with Crippen molar-refractivity contribution >= 4 is 5.97 Å². The van der Waals surface area contributed by atoms with Gasteiger partial charge in [0, 0.05) is 24.9 Å². The fourth-order valence-corrected chi connectivity index (χ4v) is 1.78. The molecule has 0 bridgehead atoms. The molecule has 4 nitrogen and oxygen atoms in total. The van der Waals surface area contributed by atoms with Gasteiger partial charge < -0.3 is 9.67 Å². The van der Waals surface area contributed by atoms with E-state index in [1.165, 1.54) is 0 Å². The van der Waals surface area contributed by atoms with Gasteiger partial charge in [-0.1, -0.05) is 0 Å². The molecule has 1 atom stereocenters. The average Bonchev–Trinajstić information content (AvgIpc) is 2.47. The maximum atomic E-state index is 10.8. The zero-order chi connectivity index (χ0) is 9.42. The Labute approximate surface area is 76.2 Å². The molecule has 1 aliphatic rings. The largest absolute Gasteiger partial charge is 0.481 e. The number of carboxylic acid groups (broad SMARTS) is 1. The summed E-state index contributed by atoms with van der Waals surface area (Å²) in [5.41, 5.74) is 1.06. The van der Waals surface area contributed by atoms with E-state index in [1.54, 1.807) is 6.20 Å². The Hall–Kier alpha value is -1.32. The van der Waals surface area contributed by atoms with E-state index in [0.29, 0.717) is 13.0 Å². The summed E-state index contributed by atoms with van der Waals surface area (Å²) >= 11 is 0. The van der Waals surface area contributed by atoms with Gasteiger partial charge in [0.05, 0.1) is 5.92 Å². The topological polar surface area (TPSA) is 55.1 Å². The monoisotopic (exact) mass is 180 g/mol. The minimum atomic E-state index is -0.696. The Kier molecular flexibility index (Phi) is 1.83. The van der Waals surface area contributed by atoms with Gasteiger partial charge in [0.2, 0.25) is 0 Å². The van der Waals surface area contributed by atoms with E-state index < -0.39 is 5.97 Å². The first-order valence-corrected chi connectivity index (χ1v) is 4.42. The molecule has 70 valence electrons. The van der Waals surface area contributed by atoms with Gasteiger partial charge in [0.1, 0.15) is 5.82 Å². The molecule has 0 fully saturated rings. The van der Waals surface area contributed by atoms with Crippen LogP contribution in [0.15, 0.2) is 6.20 Å². The highest BCUT2D eigenvalue weighted by Crippen LogP contribution is 2.20. The van der Waals surface area contributed by atoms with Crippen molar-refractivity contribution in [3.8, 4) is 0 Å². The third-order valence-corrected chi connectivity index (χ3v) is 2.61. The number of rotatable bonds is 1. The van der Waals surface area contributed by atoms with Crippen LogP contribution in [0.2, 0.25) is 0 Å². The molecule has 1 aliphatic heterocycles. The summed E-state index contributed by atoms with van der Waals surface area (Å²) in [5.74, 6) is 0.0918. The third-order valence-electron chi connectivity index (χ3n) is 2.61. The lowest BCUT2D eigenvalue weighted by Gasteiger charge is -2.21. The molecule has 0 saturated carbocycles. The van der Waals surface area contributed by atoms with Crippen LogP contribution < -0.4 is 0 Å². The fraction of sp³-hybridized carbons (Fsp3) is 0.556. The van der Waals surface area contributed by atoms with E-state index in [0.717, 1.165) is 17.9 Å². The van der Waals surface area contributed by atoms with Crippen molar-refractivity contribution in [3.05, 3.63) is 17.7 Å². The van der Waals surface area contributed by atoms with Gasteiger partial charge in [-0.3, -0.25) is 4.79 Å². The van der Waals surface area contributed by atoms with E-state index >= 15 is 0 Å². The Morgan fingerprint density at radius 3 is 3.23 bits per heavy atom. The lowest BCUT2D eigenvalue weighted by atomic mass is 10.00. The summed E-state index contributed by atoms with van der Waals surface area (Å²) in [4.78, 5) is 15.0. The number of aliphatic carboxylic acids is 1. The molecule has 0 saturated heterocycles. The Morgan fingerprint density at radius 1 is 1.77 bits per heavy atom. The quantitative estimate of drug-likeness (QED) is 0.696. The number of nitrogens with zero attached hydrogens (tertiary/aromatic N) is 2. The summed E-state index contributed by atoms with van der Waals surface area (Å²) < 4.78 is 2.00. The lowest BCUT2D eigenvalue weighted by Crippen LogP contribution is -2.27. The molecular formula is C9H12N2O2. The Bertz CT molecular complexity index is 343. The standard InChI is InChI=1S/C9H12N2O2/c1-6-4-10-8-3-2-7(9(12)13)5-11(6)8/h4,7H,2-3,5H2,1H3,(H,12,13). The van der Waals surface area contributed by atoms with Crippen LogP contribution in [0.3, 0.4) is 0 Å². The number of carboxylic acids is 1. The van der Waals surface area contributed by atoms with E-state index in [-0.39, 0.29) is 5.92 Å². The number of fused-ring (bicyclic) bond motifs is 1. The third kappa shape index (κ3) is 1.32. The molecule has 0 radical (unpaired) electrons. The highest BCUT2D eigenvalue weighted by molar-refractivity contribution is 5.70. The van der Waals surface area contributed by atoms with Gasteiger partial charge in [-0.05, 0) is 13.3 Å². The molecule has 0 aliphatic carbocycles. The maximum Gasteiger partial charge on any atom is 0.308 e. The van der Waals surface area contributed by atoms with Crippen molar-refractivity contribution in [1.82, 2.24) is 9.55 Å². The van der Waals surface area contributed by atoms with Crippen LogP contribution in [0.1, 0.15) is 17.9 Å². The molecule has 2 heterocycles. The van der Waals surface area contributed by atoms with Gasteiger partial charge in [-0.2, -0.15) is 0 Å². The normalized spacial score (nSPS) is 21.2. The maximum absolute atomic E-state index is 10.8. The summed E-state index contributed by atoms with van der Waals surface area (Å²) in [6.45, 7) is 2.54. The van der Waals surface area contributed by atoms with Crippen LogP contribution in [0.4, 0.5) is 0 Å². The lowest BCUT2D eigenvalue weighted by molar-refractivity contribution is -0.142. The first-order valence-electron chi connectivity index (χ1n) is 4.42. The predicted octanol–water partition coefficient (Wildman–Crippen LogP) is 0.839. The SMILES string of the molecule is Cc1cnc2n1CC(C(=O)O)CC2. The van der Waals surface area contributed by atoms with E-state index in [9.17, 15) is 4.79 Å². The van der Waals surface area contributed by atoms with Crippen LogP contribution in [-0.4, -0.2) is 20.6 Å². The number of hydrogen-bond donors (Lipinski definition) is 1. The zero-order valence-corrected chi connectivity index (χ0v) is 7.53. The zero-order valence-electron chi connectivity index (χ0n) is 7.53. The van der Waals surface area contributed by atoms with Crippen LogP contribution in [0.5, 0.6) is 0 Å². The number of aryl methyl sites for hydroxylation is 2. The van der Waals surface area contributed by atoms with Crippen LogP contribution in [-0.2, 0) is 17.8 Å². The summed E-state index contributed by atoms with van der Waals surface area (Å²) in [6.07, 6.45) is 3.30. The van der Waals surface area contributed by atoms with E-state index in [1.807, 2.05) is 11.5 Å². The first kappa shape index (κ1) is 8.29. The summed E-state index contributed by atoms with van der Waals surface area (Å²) in [5, 5.41) is 8.86. The summed E-state index contributed by atoms with van der Waals surface area (Å²) in [7, 11) is 0. The second kappa shape index (κ2) is 2.87. The van der Waals surface area contributed by atoms with E-state index in [2.05, 4.69) is 4.98 Å². The number of carbonyl (C=O) groups is 1. The molecular weight excluding hydrogens is 168 g/mol. The van der Waals surface area contributed by atoms with Gasteiger partial charge >= 0.3 is 5.97 Å². The van der Waals surface area contributed by atoms with Crippen molar-refractivity contribution < 1.29 is 9.90 Å². The second-order valence-electron chi connectivity index (χ2n) is 3.50. The Morgan fingerprint density at radius 2 is 2.54 bits per heavy atom. The smallest absolute Gasteiger partial charge is 0.308 e. The highest BCUT2D eigenvalue weighted by Gasteiger charge is 2.25. The molecule has 1 unspecified atom stereocenters. The minimum absolute atomic E-state index is 0.236. The fourth-order valence-electron chi connectivity index (χ4n) is 1.78. The number of imidazole rings is 1. The minimum Gasteiger partial charge on any atom is -0.481 e. The number of aromatic nitrogens is 2. The molecule has 0 spiro atoms. The molecule has 2 rings (SSSR count). The van der Waals surface area contributed by atoms with Crippen molar-refractivity contribution in [2.45, 2.75) is 26.3 Å². The van der Waals surface area contributed by atoms with Crippen LogP contribution in [0, 0.1) is 12.8 Å². The van der Waals surface area contributed by atoms with Crippen molar-refractivity contribution in [2.75, 3.05) is 0 Å². The van der Waals surface area contributed by atoms with Crippen LogP contribution >= 0.6 is 0 Å². The molecule has 1 N–H and O–H groups in total. The van der Waals surface area contributed by atoms with Gasteiger partial charge in [0.15, 0.2) is 0 Å². The van der Waals surface area contributed by atoms with Crippen molar-refractivity contribution in [3.63, 3.8) is 0 Å². The molecule has 1 aromatic rings. The Balaban J connectivity index is 2.27. The van der Waals surface area contributed by atoms with Gasteiger partial charge in [-0.15, -0.1) is 0 Å². The molecule has 13 heavy (non-hydrogen) atoms. The highest BCUT2D eigenvalue weighted by atomic mass is 16.4. The summed E-state index contributed by atoms with van der Waals surface area (Å²) in [6, 6.07) is 0. The van der Waals surface area contributed by atoms with Crippen molar-refractivity contribution in [2.24, 2.45) is 5.92 Å². The number of hydrogen-bond acceptors (Lipinski definition) is 2. The molecule has 1 aromatic heterocycles. The first-order chi connectivity index (χ1) is 6.18. The average molecular weight is 180 g/mol.